The Balaban J connectivity index is 1.47. The third-order valence-electron chi connectivity index (χ3n) is 7.21. The number of benzene rings is 2. The van der Waals surface area contributed by atoms with Gasteiger partial charge in [-0.1, -0.05) is 42.5 Å². The van der Waals surface area contributed by atoms with Gasteiger partial charge in [0.25, 0.3) is 0 Å². The third kappa shape index (κ3) is 3.30. The van der Waals surface area contributed by atoms with Crippen LogP contribution in [-0.4, -0.2) is 35.8 Å². The van der Waals surface area contributed by atoms with Gasteiger partial charge < -0.3 is 10.1 Å². The average molecular weight is 418 g/mol. The van der Waals surface area contributed by atoms with Crippen molar-refractivity contribution in [3.05, 3.63) is 60.2 Å². The van der Waals surface area contributed by atoms with E-state index in [0.717, 1.165) is 24.8 Å². The number of amides is 3. The molecule has 1 heterocycles. The Bertz CT molecular complexity index is 993. The van der Waals surface area contributed by atoms with Gasteiger partial charge in [0, 0.05) is 6.42 Å². The van der Waals surface area contributed by atoms with Crippen molar-refractivity contribution in [1.29, 1.82) is 0 Å². The fraction of sp³-hybridized carbons (Fsp3) is 0.400. The summed E-state index contributed by atoms with van der Waals surface area (Å²) in [6.07, 6.45) is 3.27. The van der Waals surface area contributed by atoms with Crippen LogP contribution in [0.5, 0.6) is 5.75 Å². The van der Waals surface area contributed by atoms with Gasteiger partial charge in [-0.05, 0) is 48.8 Å². The molecule has 0 radical (unpaired) electrons. The Hall–Kier alpha value is -3.15. The second-order valence-electron chi connectivity index (χ2n) is 8.83. The second-order valence-corrected chi connectivity index (χ2v) is 8.83. The molecule has 160 valence electrons. The second kappa shape index (κ2) is 7.84. The molecule has 31 heavy (non-hydrogen) atoms. The highest BCUT2D eigenvalue weighted by Gasteiger charge is 2.62. The number of imide groups is 1. The molecule has 0 aromatic heterocycles. The number of rotatable bonds is 6. The summed E-state index contributed by atoms with van der Waals surface area (Å²) in [6.45, 7) is 0. The molecule has 0 spiro atoms. The minimum absolute atomic E-state index is 0.168. The molecule has 3 fully saturated rings. The van der Waals surface area contributed by atoms with Gasteiger partial charge in [-0.25, -0.2) is 0 Å². The number of hydrogen-bond donors (Lipinski definition) is 1. The van der Waals surface area contributed by atoms with E-state index in [2.05, 4.69) is 5.32 Å². The van der Waals surface area contributed by atoms with E-state index >= 15 is 0 Å². The molecule has 2 aromatic carbocycles. The summed E-state index contributed by atoms with van der Waals surface area (Å²) < 4.78 is 5.35. The molecular formula is C25H26N2O4. The van der Waals surface area contributed by atoms with E-state index in [1.807, 2.05) is 36.4 Å². The topological polar surface area (TPSA) is 75.7 Å². The first-order valence-electron chi connectivity index (χ1n) is 10.9. The van der Waals surface area contributed by atoms with Gasteiger partial charge in [-0.3, -0.25) is 19.3 Å². The molecule has 2 aromatic rings. The van der Waals surface area contributed by atoms with E-state index in [-0.39, 0.29) is 47.8 Å². The highest BCUT2D eigenvalue weighted by Crippen LogP contribution is 2.56. The number of hydrogen-bond acceptors (Lipinski definition) is 4. The van der Waals surface area contributed by atoms with Gasteiger partial charge in [0.05, 0.1) is 24.6 Å². The van der Waals surface area contributed by atoms with Crippen LogP contribution in [0.1, 0.15) is 24.8 Å². The van der Waals surface area contributed by atoms with Gasteiger partial charge in [-0.2, -0.15) is 0 Å². The maximum Gasteiger partial charge on any atom is 0.248 e. The predicted octanol–water partition coefficient (Wildman–Crippen LogP) is 3.28. The molecule has 5 atom stereocenters. The molecule has 2 saturated carbocycles. The molecule has 2 aliphatic carbocycles. The lowest BCUT2D eigenvalue weighted by Gasteiger charge is -2.27. The summed E-state index contributed by atoms with van der Waals surface area (Å²) in [7, 11) is 1.54. The number of ether oxygens (including phenoxy) is 1. The molecule has 1 N–H and O–H groups in total. The van der Waals surface area contributed by atoms with Crippen molar-refractivity contribution in [2.75, 3.05) is 12.4 Å². The summed E-state index contributed by atoms with van der Waals surface area (Å²) >= 11 is 0. The van der Waals surface area contributed by atoms with E-state index < -0.39 is 6.04 Å². The summed E-state index contributed by atoms with van der Waals surface area (Å²) in [5.74, 6) is -0.105. The van der Waals surface area contributed by atoms with Crippen molar-refractivity contribution < 1.29 is 19.1 Å². The molecule has 5 unspecified atom stereocenters. The van der Waals surface area contributed by atoms with Crippen LogP contribution in [-0.2, 0) is 20.8 Å². The summed E-state index contributed by atoms with van der Waals surface area (Å²) in [5.41, 5.74) is 1.43. The molecule has 6 nitrogen and oxygen atoms in total. The van der Waals surface area contributed by atoms with Crippen LogP contribution >= 0.6 is 0 Å². The monoisotopic (exact) mass is 418 g/mol. The van der Waals surface area contributed by atoms with Crippen molar-refractivity contribution in [1.82, 2.24) is 4.90 Å². The number of likely N-dealkylation sites (tertiary alicyclic amines) is 1. The lowest BCUT2D eigenvalue weighted by Crippen LogP contribution is -2.49. The maximum atomic E-state index is 13.4. The van der Waals surface area contributed by atoms with Crippen LogP contribution in [0.4, 0.5) is 5.69 Å². The average Bonchev–Trinajstić information content (AvgIpc) is 3.47. The van der Waals surface area contributed by atoms with Crippen molar-refractivity contribution in [2.24, 2.45) is 23.7 Å². The number of fused-ring (bicyclic) bond motifs is 5. The van der Waals surface area contributed by atoms with Gasteiger partial charge in [0.2, 0.25) is 17.7 Å². The Labute approximate surface area is 181 Å². The number of anilines is 1. The first kappa shape index (κ1) is 19.8. The largest absolute Gasteiger partial charge is 0.495 e. The van der Waals surface area contributed by atoms with Crippen LogP contribution in [0.25, 0.3) is 0 Å². The number of nitrogens with zero attached hydrogens (tertiary/aromatic N) is 1. The molecular weight excluding hydrogens is 392 g/mol. The van der Waals surface area contributed by atoms with Gasteiger partial charge >= 0.3 is 0 Å². The van der Waals surface area contributed by atoms with E-state index in [1.54, 1.807) is 18.2 Å². The molecule has 3 aliphatic rings. The quantitative estimate of drug-likeness (QED) is 0.731. The minimum Gasteiger partial charge on any atom is -0.495 e. The third-order valence-corrected chi connectivity index (χ3v) is 7.21. The van der Waals surface area contributed by atoms with Crippen molar-refractivity contribution in [2.45, 2.75) is 31.7 Å². The maximum absolute atomic E-state index is 13.4. The SMILES string of the molecule is COc1ccccc1NC(=O)C(Cc1ccccc1)N1C(=O)C2C3CCC(C3)C2C1=O. The number of carbonyl (C=O) groups excluding carboxylic acids is 3. The number of carbonyl (C=O) groups is 3. The Kier molecular flexibility index (Phi) is 5.00. The molecule has 3 amide bonds. The van der Waals surface area contributed by atoms with E-state index in [9.17, 15) is 14.4 Å². The summed E-state index contributed by atoms with van der Waals surface area (Å²) in [4.78, 5) is 41.5. The normalized spacial score (nSPS) is 27.3. The minimum atomic E-state index is -0.891. The predicted molar refractivity (Wildman–Crippen MR) is 115 cm³/mol. The summed E-state index contributed by atoms with van der Waals surface area (Å²) in [5, 5.41) is 2.89. The van der Waals surface area contributed by atoms with E-state index in [0.29, 0.717) is 11.4 Å². The van der Waals surface area contributed by atoms with Gasteiger partial charge in [0.15, 0.2) is 0 Å². The highest BCUT2D eigenvalue weighted by molar-refractivity contribution is 6.10. The molecule has 1 aliphatic heterocycles. The molecule has 6 heteroatoms. The number of methoxy groups -OCH3 is 1. The fourth-order valence-electron chi connectivity index (χ4n) is 5.84. The zero-order chi connectivity index (χ0) is 21.5. The van der Waals surface area contributed by atoms with Crippen LogP contribution < -0.4 is 10.1 Å². The Morgan fingerprint density at radius 2 is 1.61 bits per heavy atom. The first-order chi connectivity index (χ1) is 15.1. The number of para-hydroxylation sites is 2. The fourth-order valence-corrected chi connectivity index (χ4v) is 5.84. The molecule has 1 saturated heterocycles. The molecule has 5 rings (SSSR count). The van der Waals surface area contributed by atoms with Crippen molar-refractivity contribution >= 4 is 23.4 Å². The summed E-state index contributed by atoms with van der Waals surface area (Å²) in [6, 6.07) is 15.8. The lowest BCUT2D eigenvalue weighted by atomic mass is 9.81. The van der Waals surface area contributed by atoms with E-state index in [4.69, 9.17) is 4.74 Å². The number of nitrogens with one attached hydrogen (secondary N) is 1. The standard InChI is InChI=1S/C25H26N2O4/c1-31-20-10-6-5-9-18(20)26-23(28)19(13-15-7-3-2-4-8-15)27-24(29)21-16-11-12-17(14-16)22(21)25(27)30/h2-10,16-17,19,21-22H,11-14H2,1H3,(H,26,28). The van der Waals surface area contributed by atoms with Crippen LogP contribution in [0.2, 0.25) is 0 Å². The van der Waals surface area contributed by atoms with Gasteiger partial charge in [0.1, 0.15) is 11.8 Å². The Morgan fingerprint density at radius 3 is 2.26 bits per heavy atom. The zero-order valence-corrected chi connectivity index (χ0v) is 17.5. The smallest absolute Gasteiger partial charge is 0.248 e. The van der Waals surface area contributed by atoms with Crippen molar-refractivity contribution in [3.63, 3.8) is 0 Å². The van der Waals surface area contributed by atoms with Crippen LogP contribution in [0.15, 0.2) is 54.6 Å². The first-order valence-corrected chi connectivity index (χ1v) is 10.9. The lowest BCUT2D eigenvalue weighted by molar-refractivity contribution is -0.147. The highest BCUT2D eigenvalue weighted by atomic mass is 16.5. The molecule has 2 bridgehead atoms. The Morgan fingerprint density at radius 1 is 1.00 bits per heavy atom. The van der Waals surface area contributed by atoms with Crippen molar-refractivity contribution in [3.8, 4) is 5.75 Å². The van der Waals surface area contributed by atoms with Crippen LogP contribution in [0, 0.1) is 23.7 Å². The van der Waals surface area contributed by atoms with Crippen LogP contribution in [0.3, 0.4) is 0 Å². The zero-order valence-electron chi connectivity index (χ0n) is 17.5. The van der Waals surface area contributed by atoms with E-state index in [1.165, 1.54) is 12.0 Å². The van der Waals surface area contributed by atoms with Gasteiger partial charge in [-0.15, -0.1) is 0 Å².